The molecule has 0 saturated heterocycles. The molecule has 98 valence electrons. The molecule has 0 aliphatic heterocycles. The van der Waals surface area contributed by atoms with Gasteiger partial charge in [-0.2, -0.15) is 5.26 Å². The van der Waals surface area contributed by atoms with Crippen molar-refractivity contribution in [3.05, 3.63) is 28.8 Å². The van der Waals surface area contributed by atoms with E-state index in [1.54, 1.807) is 0 Å². The molecule has 1 atom stereocenters. The molecule has 1 aromatic carbocycles. The summed E-state index contributed by atoms with van der Waals surface area (Å²) in [5, 5.41) is 12.2. The number of halogens is 1. The summed E-state index contributed by atoms with van der Waals surface area (Å²) in [6, 6.07) is 8.22. The highest BCUT2D eigenvalue weighted by Gasteiger charge is 2.07. The second-order valence-corrected chi connectivity index (χ2v) is 4.57. The van der Waals surface area contributed by atoms with Crippen LogP contribution in [-0.2, 0) is 0 Å². The second-order valence-electron chi connectivity index (χ2n) is 4.16. The molecular weight excluding hydrogens is 248 g/mol. The third-order valence-electron chi connectivity index (χ3n) is 2.83. The van der Waals surface area contributed by atoms with Crippen LogP contribution < -0.4 is 10.1 Å². The Labute approximate surface area is 114 Å². The number of unbranched alkanes of at least 4 members (excludes halogenated alkanes) is 2. The molecule has 0 fully saturated rings. The summed E-state index contributed by atoms with van der Waals surface area (Å²) in [4.78, 5) is 0. The first-order valence-corrected chi connectivity index (χ1v) is 6.53. The summed E-state index contributed by atoms with van der Waals surface area (Å²) in [6.07, 6.45) is 2.32. The van der Waals surface area contributed by atoms with E-state index in [1.807, 2.05) is 25.2 Å². The van der Waals surface area contributed by atoms with E-state index in [1.165, 1.54) is 0 Å². The lowest BCUT2D eigenvalue weighted by molar-refractivity contribution is 0.307. The van der Waals surface area contributed by atoms with Crippen LogP contribution in [0.2, 0.25) is 5.02 Å². The molecule has 0 saturated carbocycles. The third-order valence-corrected chi connectivity index (χ3v) is 3.12. The van der Waals surface area contributed by atoms with E-state index < -0.39 is 0 Å². The van der Waals surface area contributed by atoms with Crippen molar-refractivity contribution in [2.75, 3.05) is 13.7 Å². The van der Waals surface area contributed by atoms with Gasteiger partial charge in [-0.05, 0) is 44.5 Å². The van der Waals surface area contributed by atoms with Crippen molar-refractivity contribution in [1.82, 2.24) is 5.32 Å². The fourth-order valence-electron chi connectivity index (χ4n) is 1.56. The molecule has 0 aliphatic carbocycles. The number of rotatable bonds is 7. The van der Waals surface area contributed by atoms with E-state index in [4.69, 9.17) is 21.6 Å². The van der Waals surface area contributed by atoms with Crippen LogP contribution in [0.3, 0.4) is 0 Å². The van der Waals surface area contributed by atoms with E-state index in [0.29, 0.717) is 23.8 Å². The van der Waals surface area contributed by atoms with Crippen molar-refractivity contribution in [2.24, 2.45) is 0 Å². The van der Waals surface area contributed by atoms with E-state index in [2.05, 4.69) is 18.3 Å². The number of benzene rings is 1. The van der Waals surface area contributed by atoms with Crippen LogP contribution >= 0.6 is 11.6 Å². The minimum absolute atomic E-state index is 0.271. The molecule has 1 rings (SSSR count). The van der Waals surface area contributed by atoms with Crippen molar-refractivity contribution in [2.45, 2.75) is 32.2 Å². The van der Waals surface area contributed by atoms with Gasteiger partial charge < -0.3 is 10.1 Å². The molecule has 3 nitrogen and oxygen atoms in total. The molecule has 1 N–H and O–H groups in total. The van der Waals surface area contributed by atoms with Gasteiger partial charge in [0.1, 0.15) is 5.75 Å². The zero-order chi connectivity index (χ0) is 13.4. The SMILES string of the molecule is CNC(C)c1ccc(OCCCCC#N)c(Cl)c1. The molecule has 0 bridgehead atoms. The predicted octanol–water partition coefficient (Wildman–Crippen LogP) is 3.69. The predicted molar refractivity (Wildman–Crippen MR) is 73.9 cm³/mol. The van der Waals surface area contributed by atoms with Crippen LogP contribution in [0.25, 0.3) is 0 Å². The highest BCUT2D eigenvalue weighted by atomic mass is 35.5. The summed E-state index contributed by atoms with van der Waals surface area (Å²) in [5.41, 5.74) is 1.14. The fraction of sp³-hybridized carbons (Fsp3) is 0.500. The van der Waals surface area contributed by atoms with Crippen molar-refractivity contribution in [3.8, 4) is 11.8 Å². The van der Waals surface area contributed by atoms with E-state index in [0.717, 1.165) is 18.4 Å². The van der Waals surface area contributed by atoms with Gasteiger partial charge in [0.15, 0.2) is 0 Å². The Balaban J connectivity index is 2.50. The quantitative estimate of drug-likeness (QED) is 0.766. The standard InChI is InChI=1S/C14H19ClN2O/c1-11(17-2)12-6-7-14(13(15)10-12)18-9-5-3-4-8-16/h6-7,10-11,17H,3-5,9H2,1-2H3. The molecule has 4 heteroatoms. The number of ether oxygens (including phenoxy) is 1. The Bertz CT molecular complexity index is 415. The summed E-state index contributed by atoms with van der Waals surface area (Å²) >= 11 is 6.17. The smallest absolute Gasteiger partial charge is 0.137 e. The van der Waals surface area contributed by atoms with E-state index >= 15 is 0 Å². The lowest BCUT2D eigenvalue weighted by Crippen LogP contribution is -2.12. The first kappa shape index (κ1) is 14.8. The van der Waals surface area contributed by atoms with E-state index in [9.17, 15) is 0 Å². The van der Waals surface area contributed by atoms with Crippen molar-refractivity contribution >= 4 is 11.6 Å². The summed E-state index contributed by atoms with van der Waals surface area (Å²) in [7, 11) is 1.91. The highest BCUT2D eigenvalue weighted by molar-refractivity contribution is 6.32. The topological polar surface area (TPSA) is 45.0 Å². The number of nitriles is 1. The van der Waals surface area contributed by atoms with Gasteiger partial charge in [0.2, 0.25) is 0 Å². The Morgan fingerprint density at radius 3 is 2.83 bits per heavy atom. The maximum Gasteiger partial charge on any atom is 0.137 e. The largest absolute Gasteiger partial charge is 0.492 e. The van der Waals surface area contributed by atoms with Gasteiger partial charge >= 0.3 is 0 Å². The average molecular weight is 267 g/mol. The molecular formula is C14H19ClN2O. The first-order valence-electron chi connectivity index (χ1n) is 6.15. The maximum absolute atomic E-state index is 8.41. The van der Waals surface area contributed by atoms with Crippen molar-refractivity contribution < 1.29 is 4.74 Å². The van der Waals surface area contributed by atoms with E-state index in [-0.39, 0.29) is 6.04 Å². The van der Waals surface area contributed by atoms with Gasteiger partial charge in [-0.15, -0.1) is 0 Å². The normalized spacial score (nSPS) is 11.9. The lowest BCUT2D eigenvalue weighted by Gasteiger charge is -2.13. The number of nitrogens with one attached hydrogen (secondary N) is 1. The molecule has 0 spiro atoms. The number of hydrogen-bond donors (Lipinski definition) is 1. The van der Waals surface area contributed by atoms with Gasteiger partial charge in [-0.3, -0.25) is 0 Å². The fourth-order valence-corrected chi connectivity index (χ4v) is 1.80. The Morgan fingerprint density at radius 1 is 1.44 bits per heavy atom. The van der Waals surface area contributed by atoms with Gasteiger partial charge in [0, 0.05) is 12.5 Å². The third kappa shape index (κ3) is 4.56. The second kappa shape index (κ2) is 7.97. The Kier molecular flexibility index (Phi) is 6.56. The zero-order valence-electron chi connectivity index (χ0n) is 10.9. The molecule has 1 unspecified atom stereocenters. The van der Waals surface area contributed by atoms with Crippen LogP contribution in [0.4, 0.5) is 0 Å². The molecule has 18 heavy (non-hydrogen) atoms. The molecule has 1 aromatic rings. The molecule has 0 amide bonds. The van der Waals surface area contributed by atoms with Gasteiger partial charge in [0.25, 0.3) is 0 Å². The van der Waals surface area contributed by atoms with Crippen molar-refractivity contribution in [1.29, 1.82) is 5.26 Å². The molecule has 0 aromatic heterocycles. The van der Waals surface area contributed by atoms with Gasteiger partial charge in [0.05, 0.1) is 17.7 Å². The Morgan fingerprint density at radius 2 is 2.22 bits per heavy atom. The van der Waals surface area contributed by atoms with Crippen LogP contribution in [0.5, 0.6) is 5.75 Å². The van der Waals surface area contributed by atoms with Crippen LogP contribution in [0.1, 0.15) is 37.8 Å². The monoisotopic (exact) mass is 266 g/mol. The molecule has 0 aliphatic rings. The van der Waals surface area contributed by atoms with Crippen molar-refractivity contribution in [3.63, 3.8) is 0 Å². The lowest BCUT2D eigenvalue weighted by atomic mass is 10.1. The minimum Gasteiger partial charge on any atom is -0.492 e. The number of hydrogen-bond acceptors (Lipinski definition) is 3. The van der Waals surface area contributed by atoms with Crippen LogP contribution in [0, 0.1) is 11.3 Å². The van der Waals surface area contributed by atoms with Crippen LogP contribution in [0.15, 0.2) is 18.2 Å². The average Bonchev–Trinajstić information content (AvgIpc) is 2.39. The summed E-state index contributed by atoms with van der Waals surface area (Å²) < 4.78 is 5.59. The molecule has 0 radical (unpaired) electrons. The van der Waals surface area contributed by atoms with Gasteiger partial charge in [-0.25, -0.2) is 0 Å². The summed E-state index contributed by atoms with van der Waals surface area (Å²) in [6.45, 7) is 2.68. The summed E-state index contributed by atoms with van der Waals surface area (Å²) in [5.74, 6) is 0.709. The molecule has 0 heterocycles. The Hall–Kier alpha value is -1.24. The number of nitrogens with zero attached hydrogens (tertiary/aromatic N) is 1. The van der Waals surface area contributed by atoms with Gasteiger partial charge in [-0.1, -0.05) is 17.7 Å². The maximum atomic E-state index is 8.41. The highest BCUT2D eigenvalue weighted by Crippen LogP contribution is 2.28. The zero-order valence-corrected chi connectivity index (χ0v) is 11.6. The minimum atomic E-state index is 0.271. The van der Waals surface area contributed by atoms with Crippen LogP contribution in [-0.4, -0.2) is 13.7 Å². The first-order chi connectivity index (χ1) is 8.69.